The summed E-state index contributed by atoms with van der Waals surface area (Å²) in [4.78, 5) is 11.0. The third kappa shape index (κ3) is 5.84. The lowest BCUT2D eigenvalue weighted by Crippen LogP contribution is -2.33. The molecule has 0 amide bonds. The quantitative estimate of drug-likeness (QED) is 0.660. The van der Waals surface area contributed by atoms with Gasteiger partial charge in [-0.3, -0.25) is 4.79 Å². The number of hydrogen-bond acceptors (Lipinski definition) is 4. The van der Waals surface area contributed by atoms with E-state index in [-0.39, 0.29) is 11.4 Å². The molecule has 1 unspecified atom stereocenters. The molecular weight excluding hydrogens is 318 g/mol. The van der Waals surface area contributed by atoms with E-state index >= 15 is 0 Å². The van der Waals surface area contributed by atoms with E-state index in [1.807, 2.05) is 0 Å². The lowest BCUT2D eigenvalue weighted by Gasteiger charge is -2.19. The predicted molar refractivity (Wildman–Crippen MR) is 88.1 cm³/mol. The van der Waals surface area contributed by atoms with Gasteiger partial charge in [0.15, 0.2) is 0 Å². The molecule has 0 spiro atoms. The monoisotopic (exact) mass is 343 g/mol. The molecule has 0 fully saturated rings. The van der Waals surface area contributed by atoms with Crippen molar-refractivity contribution in [2.45, 2.75) is 38.0 Å². The van der Waals surface area contributed by atoms with Crippen molar-refractivity contribution in [1.82, 2.24) is 4.31 Å². The normalized spacial score (nSPS) is 13.0. The van der Waals surface area contributed by atoms with Crippen molar-refractivity contribution in [2.75, 3.05) is 20.2 Å². The standard InChI is InChI=1S/C16H25NO5S/c1-4-5-6-11-22-14-7-9-15(10-8-14)23(20,21)17(3)12-13(2)16(18)19/h7-10,13H,4-6,11-12H2,1-3H3,(H,18,19). The predicted octanol–water partition coefficient (Wildman–Crippen LogP) is 2.60. The van der Waals surface area contributed by atoms with Crippen LogP contribution in [0.2, 0.25) is 0 Å². The number of carboxylic acids is 1. The molecular formula is C16H25NO5S. The molecule has 1 rings (SSSR count). The van der Waals surface area contributed by atoms with Gasteiger partial charge in [0.2, 0.25) is 10.0 Å². The van der Waals surface area contributed by atoms with Gasteiger partial charge >= 0.3 is 5.97 Å². The first-order valence-corrected chi connectivity index (χ1v) is 9.15. The van der Waals surface area contributed by atoms with E-state index in [0.29, 0.717) is 12.4 Å². The van der Waals surface area contributed by atoms with Gasteiger partial charge in [-0.2, -0.15) is 0 Å². The fraction of sp³-hybridized carbons (Fsp3) is 0.562. The third-order valence-corrected chi connectivity index (χ3v) is 5.34. The minimum absolute atomic E-state index is 0.0765. The number of rotatable bonds is 10. The highest BCUT2D eigenvalue weighted by Crippen LogP contribution is 2.20. The molecule has 0 saturated heterocycles. The largest absolute Gasteiger partial charge is 0.494 e. The van der Waals surface area contributed by atoms with Crippen LogP contribution in [-0.4, -0.2) is 44.0 Å². The number of aliphatic carboxylic acids is 1. The molecule has 6 nitrogen and oxygen atoms in total. The maximum Gasteiger partial charge on any atom is 0.307 e. The van der Waals surface area contributed by atoms with Gasteiger partial charge in [-0.25, -0.2) is 12.7 Å². The average Bonchev–Trinajstić information content (AvgIpc) is 2.51. The zero-order valence-corrected chi connectivity index (χ0v) is 14.7. The van der Waals surface area contributed by atoms with Crippen molar-refractivity contribution in [3.05, 3.63) is 24.3 Å². The molecule has 0 radical (unpaired) electrons. The van der Waals surface area contributed by atoms with Gasteiger partial charge in [0.05, 0.1) is 17.4 Å². The van der Waals surface area contributed by atoms with Crippen molar-refractivity contribution >= 4 is 16.0 Å². The third-order valence-electron chi connectivity index (χ3n) is 3.50. The summed E-state index contributed by atoms with van der Waals surface area (Å²) in [6.07, 6.45) is 3.17. The Balaban J connectivity index is 2.71. The Morgan fingerprint density at radius 2 is 1.87 bits per heavy atom. The highest BCUT2D eigenvalue weighted by Gasteiger charge is 2.24. The van der Waals surface area contributed by atoms with Crippen LogP contribution in [-0.2, 0) is 14.8 Å². The smallest absolute Gasteiger partial charge is 0.307 e. The van der Waals surface area contributed by atoms with Gasteiger partial charge in [0, 0.05) is 13.6 Å². The van der Waals surface area contributed by atoms with Gasteiger partial charge in [-0.1, -0.05) is 26.7 Å². The second-order valence-electron chi connectivity index (χ2n) is 5.55. The van der Waals surface area contributed by atoms with Crippen molar-refractivity contribution < 1.29 is 23.1 Å². The number of hydrogen-bond donors (Lipinski definition) is 1. The van der Waals surface area contributed by atoms with E-state index in [2.05, 4.69) is 6.92 Å². The summed E-state index contributed by atoms with van der Waals surface area (Å²) in [5.74, 6) is -1.17. The zero-order valence-electron chi connectivity index (χ0n) is 13.9. The molecule has 23 heavy (non-hydrogen) atoms. The molecule has 0 aliphatic rings. The number of nitrogens with zero attached hydrogens (tertiary/aromatic N) is 1. The number of benzene rings is 1. The summed E-state index contributed by atoms with van der Waals surface area (Å²) < 4.78 is 31.4. The van der Waals surface area contributed by atoms with Gasteiger partial charge in [0.25, 0.3) is 0 Å². The molecule has 0 saturated carbocycles. The molecule has 1 N–H and O–H groups in total. The second-order valence-corrected chi connectivity index (χ2v) is 7.60. The Bertz CT molecular complexity index is 597. The van der Waals surface area contributed by atoms with Crippen molar-refractivity contribution in [3.8, 4) is 5.75 Å². The Labute approximate surface area is 138 Å². The fourth-order valence-electron chi connectivity index (χ4n) is 1.99. The zero-order chi connectivity index (χ0) is 17.5. The van der Waals surface area contributed by atoms with Gasteiger partial charge in [0.1, 0.15) is 5.75 Å². The summed E-state index contributed by atoms with van der Waals surface area (Å²) in [6, 6.07) is 6.19. The molecule has 0 aromatic heterocycles. The molecule has 1 atom stereocenters. The van der Waals surface area contributed by atoms with Crippen LogP contribution in [0.5, 0.6) is 5.75 Å². The second kappa shape index (κ2) is 8.88. The first kappa shape index (κ1) is 19.4. The first-order chi connectivity index (χ1) is 10.8. The van der Waals surface area contributed by atoms with Crippen LogP contribution in [0.25, 0.3) is 0 Å². The maximum absolute atomic E-state index is 12.4. The highest BCUT2D eigenvalue weighted by molar-refractivity contribution is 7.89. The summed E-state index contributed by atoms with van der Waals surface area (Å²) in [7, 11) is -2.32. The minimum atomic E-state index is -3.70. The van der Waals surface area contributed by atoms with Gasteiger partial charge in [-0.15, -0.1) is 0 Å². The van der Waals surface area contributed by atoms with E-state index in [9.17, 15) is 13.2 Å². The van der Waals surface area contributed by atoms with Crippen molar-refractivity contribution in [2.24, 2.45) is 5.92 Å². The summed E-state index contributed by atoms with van der Waals surface area (Å²) in [6.45, 7) is 4.12. The summed E-state index contributed by atoms with van der Waals surface area (Å²) in [5.41, 5.74) is 0. The topological polar surface area (TPSA) is 83.9 Å². The molecule has 1 aromatic rings. The number of carbonyl (C=O) groups is 1. The molecule has 130 valence electrons. The number of sulfonamides is 1. The van der Waals surface area contributed by atoms with Crippen LogP contribution in [0.3, 0.4) is 0 Å². The Hall–Kier alpha value is -1.60. The molecule has 0 aliphatic carbocycles. The SMILES string of the molecule is CCCCCOc1ccc(S(=O)(=O)N(C)CC(C)C(=O)O)cc1. The Morgan fingerprint density at radius 3 is 2.39 bits per heavy atom. The summed E-state index contributed by atoms with van der Waals surface area (Å²) >= 11 is 0. The molecule has 7 heteroatoms. The Morgan fingerprint density at radius 1 is 1.26 bits per heavy atom. The van der Waals surface area contributed by atoms with Gasteiger partial charge < -0.3 is 9.84 Å². The minimum Gasteiger partial charge on any atom is -0.494 e. The fourth-order valence-corrected chi connectivity index (χ4v) is 3.25. The van der Waals surface area contributed by atoms with Crippen LogP contribution < -0.4 is 4.74 Å². The average molecular weight is 343 g/mol. The summed E-state index contributed by atoms with van der Waals surface area (Å²) in [5, 5.41) is 8.89. The highest BCUT2D eigenvalue weighted by atomic mass is 32.2. The van der Waals surface area contributed by atoms with Crippen LogP contribution in [0.4, 0.5) is 0 Å². The van der Waals surface area contributed by atoms with E-state index in [4.69, 9.17) is 9.84 Å². The van der Waals surface area contributed by atoms with Crippen molar-refractivity contribution in [3.63, 3.8) is 0 Å². The Kier molecular flexibility index (Phi) is 7.51. The molecule has 0 aliphatic heterocycles. The molecule has 0 heterocycles. The number of unbranched alkanes of at least 4 members (excludes halogenated alkanes) is 2. The number of ether oxygens (including phenoxy) is 1. The lowest BCUT2D eigenvalue weighted by atomic mass is 10.2. The lowest BCUT2D eigenvalue weighted by molar-refractivity contribution is -0.141. The first-order valence-electron chi connectivity index (χ1n) is 7.71. The van der Waals surface area contributed by atoms with Gasteiger partial charge in [-0.05, 0) is 30.7 Å². The van der Waals surface area contributed by atoms with E-state index < -0.39 is 21.9 Å². The number of carboxylic acid groups (broad SMARTS) is 1. The maximum atomic E-state index is 12.4. The van der Waals surface area contributed by atoms with E-state index in [0.717, 1.165) is 23.6 Å². The van der Waals surface area contributed by atoms with Crippen LogP contribution >= 0.6 is 0 Å². The van der Waals surface area contributed by atoms with Crippen molar-refractivity contribution in [1.29, 1.82) is 0 Å². The molecule has 0 bridgehead atoms. The molecule has 1 aromatic carbocycles. The van der Waals surface area contributed by atoms with Crippen LogP contribution in [0.1, 0.15) is 33.1 Å². The van der Waals surface area contributed by atoms with E-state index in [1.54, 1.807) is 12.1 Å². The van der Waals surface area contributed by atoms with Crippen LogP contribution in [0, 0.1) is 5.92 Å². The van der Waals surface area contributed by atoms with Crippen LogP contribution in [0.15, 0.2) is 29.2 Å². The van der Waals surface area contributed by atoms with E-state index in [1.165, 1.54) is 26.1 Å².